The number of nitrogens with zero attached hydrogens (tertiary/aromatic N) is 3. The molecular weight excluding hydrogens is 348 g/mol. The molecule has 1 aliphatic heterocycles. The number of piperidine rings is 1. The van der Waals surface area contributed by atoms with E-state index < -0.39 is 5.97 Å². The standard InChI is InChI=1S/C18H22N6O3/c19-15-16(23-22-14(25)10-12-4-2-1-3-5-12)20-11-21-17(15)24-8-6-13(7-9-24)18(26)27/h1-5,11,13H,6-10,19H2,(H,22,25)(H,26,27)(H,20,21,23). The molecule has 3 rings (SSSR count). The van der Waals surface area contributed by atoms with Gasteiger partial charge in [-0.3, -0.25) is 20.4 Å². The molecule has 0 atom stereocenters. The number of hydrogen-bond acceptors (Lipinski definition) is 7. The monoisotopic (exact) mass is 370 g/mol. The summed E-state index contributed by atoms with van der Waals surface area (Å²) in [5.74, 6) is -0.480. The number of aromatic nitrogens is 2. The highest BCUT2D eigenvalue weighted by molar-refractivity contribution is 5.82. The molecule has 1 aromatic carbocycles. The highest BCUT2D eigenvalue weighted by atomic mass is 16.4. The van der Waals surface area contributed by atoms with Crippen molar-refractivity contribution in [3.63, 3.8) is 0 Å². The Morgan fingerprint density at radius 1 is 1.19 bits per heavy atom. The van der Waals surface area contributed by atoms with E-state index in [0.717, 1.165) is 5.56 Å². The highest BCUT2D eigenvalue weighted by Crippen LogP contribution is 2.29. The van der Waals surface area contributed by atoms with Crippen molar-refractivity contribution in [3.8, 4) is 0 Å². The third-order valence-corrected chi connectivity index (χ3v) is 4.53. The van der Waals surface area contributed by atoms with Crippen LogP contribution in [0.4, 0.5) is 17.3 Å². The molecule has 1 aromatic heterocycles. The third kappa shape index (κ3) is 4.63. The molecule has 2 heterocycles. The van der Waals surface area contributed by atoms with Crippen LogP contribution in [0.3, 0.4) is 0 Å². The Morgan fingerprint density at radius 2 is 1.89 bits per heavy atom. The number of hydrazine groups is 1. The minimum Gasteiger partial charge on any atom is -0.481 e. The van der Waals surface area contributed by atoms with Crippen molar-refractivity contribution >= 4 is 29.2 Å². The number of carboxylic acid groups (broad SMARTS) is 1. The van der Waals surface area contributed by atoms with Crippen molar-refractivity contribution in [1.82, 2.24) is 15.4 Å². The summed E-state index contributed by atoms with van der Waals surface area (Å²) in [7, 11) is 0. The minimum atomic E-state index is -0.770. The molecule has 1 fully saturated rings. The zero-order valence-corrected chi connectivity index (χ0v) is 14.8. The van der Waals surface area contributed by atoms with Crippen LogP contribution >= 0.6 is 0 Å². The Bertz CT molecular complexity index is 806. The number of carboxylic acids is 1. The van der Waals surface area contributed by atoms with E-state index in [-0.39, 0.29) is 18.2 Å². The van der Waals surface area contributed by atoms with Crippen LogP contribution in [0.15, 0.2) is 36.7 Å². The summed E-state index contributed by atoms with van der Waals surface area (Å²) in [6.07, 6.45) is 2.67. The lowest BCUT2D eigenvalue weighted by Gasteiger charge is -2.31. The molecule has 27 heavy (non-hydrogen) atoms. The first kappa shape index (κ1) is 18.4. The van der Waals surface area contributed by atoms with Gasteiger partial charge < -0.3 is 15.7 Å². The average Bonchev–Trinajstić information content (AvgIpc) is 2.68. The SMILES string of the molecule is Nc1c(NNC(=O)Cc2ccccc2)ncnc1N1CCC(C(=O)O)CC1. The van der Waals surface area contributed by atoms with Gasteiger partial charge in [0.05, 0.1) is 12.3 Å². The first-order valence-corrected chi connectivity index (χ1v) is 8.71. The number of nitrogens with one attached hydrogen (secondary N) is 2. The molecular formula is C18H22N6O3. The molecule has 5 N–H and O–H groups in total. The summed E-state index contributed by atoms with van der Waals surface area (Å²) in [6, 6.07) is 9.38. The fraction of sp³-hybridized carbons (Fsp3) is 0.333. The largest absolute Gasteiger partial charge is 0.481 e. The van der Waals surface area contributed by atoms with Crippen LogP contribution in [-0.4, -0.2) is 40.0 Å². The van der Waals surface area contributed by atoms with E-state index in [9.17, 15) is 9.59 Å². The summed E-state index contributed by atoms with van der Waals surface area (Å²) in [5, 5.41) is 9.10. The average molecular weight is 370 g/mol. The summed E-state index contributed by atoms with van der Waals surface area (Å²) in [4.78, 5) is 33.4. The van der Waals surface area contributed by atoms with E-state index in [1.54, 1.807) is 0 Å². The number of benzene rings is 1. The number of anilines is 3. The van der Waals surface area contributed by atoms with Crippen LogP contribution in [0.1, 0.15) is 18.4 Å². The fourth-order valence-electron chi connectivity index (χ4n) is 3.03. The van der Waals surface area contributed by atoms with Crippen molar-refractivity contribution in [2.45, 2.75) is 19.3 Å². The van der Waals surface area contributed by atoms with Crippen molar-refractivity contribution < 1.29 is 14.7 Å². The molecule has 2 aromatic rings. The lowest BCUT2D eigenvalue weighted by atomic mass is 9.97. The van der Waals surface area contributed by atoms with E-state index in [1.807, 2.05) is 35.2 Å². The molecule has 9 heteroatoms. The number of hydrogen-bond donors (Lipinski definition) is 4. The molecule has 1 amide bonds. The van der Waals surface area contributed by atoms with Gasteiger partial charge in [-0.25, -0.2) is 9.97 Å². The molecule has 0 spiro atoms. The molecule has 0 radical (unpaired) electrons. The van der Waals surface area contributed by atoms with E-state index in [1.165, 1.54) is 6.33 Å². The van der Waals surface area contributed by atoms with E-state index in [0.29, 0.717) is 43.3 Å². The van der Waals surface area contributed by atoms with Crippen molar-refractivity contribution in [1.29, 1.82) is 0 Å². The number of rotatable bonds is 6. The molecule has 0 aliphatic carbocycles. The predicted molar refractivity (Wildman–Crippen MR) is 101 cm³/mol. The van der Waals surface area contributed by atoms with Crippen LogP contribution in [0, 0.1) is 5.92 Å². The van der Waals surface area contributed by atoms with Crippen LogP contribution in [0.5, 0.6) is 0 Å². The number of carbonyl (C=O) groups excluding carboxylic acids is 1. The fourth-order valence-corrected chi connectivity index (χ4v) is 3.03. The minimum absolute atomic E-state index is 0.219. The Labute approximate surface area is 156 Å². The molecule has 0 unspecified atom stereocenters. The number of nitrogens with two attached hydrogens (primary N) is 1. The van der Waals surface area contributed by atoms with Crippen LogP contribution < -0.4 is 21.5 Å². The van der Waals surface area contributed by atoms with Gasteiger partial charge in [0.25, 0.3) is 0 Å². The topological polar surface area (TPSA) is 133 Å². The van der Waals surface area contributed by atoms with E-state index >= 15 is 0 Å². The van der Waals surface area contributed by atoms with Crippen LogP contribution in [0.25, 0.3) is 0 Å². The van der Waals surface area contributed by atoms with Gasteiger partial charge in [-0.05, 0) is 18.4 Å². The maximum absolute atomic E-state index is 12.1. The van der Waals surface area contributed by atoms with Gasteiger partial charge in [0, 0.05) is 13.1 Å². The number of amides is 1. The molecule has 9 nitrogen and oxygen atoms in total. The van der Waals surface area contributed by atoms with Gasteiger partial charge in [-0.15, -0.1) is 0 Å². The predicted octanol–water partition coefficient (Wildman–Crippen LogP) is 1.05. The molecule has 0 bridgehead atoms. The second-order valence-electron chi connectivity index (χ2n) is 6.39. The molecule has 1 saturated heterocycles. The van der Waals surface area contributed by atoms with Crippen molar-refractivity contribution in [2.24, 2.45) is 5.92 Å². The smallest absolute Gasteiger partial charge is 0.306 e. The number of carbonyl (C=O) groups is 2. The second kappa shape index (κ2) is 8.35. The number of nitrogen functional groups attached to an aromatic ring is 1. The zero-order chi connectivity index (χ0) is 19.2. The van der Waals surface area contributed by atoms with Crippen LogP contribution in [-0.2, 0) is 16.0 Å². The van der Waals surface area contributed by atoms with Gasteiger partial charge in [-0.2, -0.15) is 0 Å². The van der Waals surface area contributed by atoms with Gasteiger partial charge in [0.15, 0.2) is 11.6 Å². The zero-order valence-electron chi connectivity index (χ0n) is 14.8. The van der Waals surface area contributed by atoms with E-state index in [4.69, 9.17) is 10.8 Å². The van der Waals surface area contributed by atoms with Gasteiger partial charge in [0.2, 0.25) is 5.91 Å². The molecule has 1 aliphatic rings. The maximum Gasteiger partial charge on any atom is 0.306 e. The first-order chi connectivity index (χ1) is 13.0. The summed E-state index contributed by atoms with van der Waals surface area (Å²) >= 11 is 0. The Kier molecular flexibility index (Phi) is 5.70. The lowest BCUT2D eigenvalue weighted by Crippen LogP contribution is -2.37. The van der Waals surface area contributed by atoms with Gasteiger partial charge in [0.1, 0.15) is 12.0 Å². The van der Waals surface area contributed by atoms with Gasteiger partial charge in [-0.1, -0.05) is 30.3 Å². The second-order valence-corrected chi connectivity index (χ2v) is 6.39. The third-order valence-electron chi connectivity index (χ3n) is 4.53. The van der Waals surface area contributed by atoms with E-state index in [2.05, 4.69) is 20.8 Å². The maximum atomic E-state index is 12.1. The Balaban J connectivity index is 1.60. The van der Waals surface area contributed by atoms with Crippen molar-refractivity contribution in [2.75, 3.05) is 29.1 Å². The quantitative estimate of drug-likeness (QED) is 0.554. The summed E-state index contributed by atoms with van der Waals surface area (Å²) in [6.45, 7) is 1.11. The Hall–Kier alpha value is -3.36. The molecule has 142 valence electrons. The molecule has 0 saturated carbocycles. The first-order valence-electron chi connectivity index (χ1n) is 8.71. The Morgan fingerprint density at radius 3 is 2.56 bits per heavy atom. The summed E-state index contributed by atoms with van der Waals surface area (Å²) < 4.78 is 0. The number of aliphatic carboxylic acids is 1. The van der Waals surface area contributed by atoms with Crippen LogP contribution in [0.2, 0.25) is 0 Å². The summed E-state index contributed by atoms with van der Waals surface area (Å²) in [5.41, 5.74) is 12.7. The van der Waals surface area contributed by atoms with Gasteiger partial charge >= 0.3 is 5.97 Å². The lowest BCUT2D eigenvalue weighted by molar-refractivity contribution is -0.142. The normalized spacial score (nSPS) is 14.6. The highest BCUT2D eigenvalue weighted by Gasteiger charge is 2.26. The van der Waals surface area contributed by atoms with Crippen molar-refractivity contribution in [3.05, 3.63) is 42.2 Å².